The van der Waals surface area contributed by atoms with Crippen molar-refractivity contribution in [3.63, 3.8) is 0 Å². The van der Waals surface area contributed by atoms with E-state index in [1.54, 1.807) is 0 Å². The number of H-pyrrole nitrogens is 1. The Labute approximate surface area is 52.7 Å². The zero-order chi connectivity index (χ0) is 5.98. The molecule has 0 spiro atoms. The standard InChI is InChI=1S/C4H5N3O.CH4/c5-3-1-2-6-4(8)7-3;/h1-2H,(H3,5,6,7,8);1H4. The maximum atomic E-state index is 10.2. The van der Waals surface area contributed by atoms with E-state index in [1.807, 2.05) is 0 Å². The molecular formula is C5H9N3O. The molecule has 0 aliphatic carbocycles. The van der Waals surface area contributed by atoms with Crippen molar-refractivity contribution in [2.75, 3.05) is 5.73 Å². The zero-order valence-corrected chi connectivity index (χ0v) is 4.09. The number of aromatic nitrogens is 2. The molecule has 4 nitrogen and oxygen atoms in total. The minimum absolute atomic E-state index is 0. The van der Waals surface area contributed by atoms with Crippen molar-refractivity contribution in [3.05, 3.63) is 22.7 Å². The number of nitrogens with two attached hydrogens (primary N) is 1. The quantitative estimate of drug-likeness (QED) is 0.514. The van der Waals surface area contributed by atoms with Gasteiger partial charge in [-0.15, -0.1) is 0 Å². The van der Waals surface area contributed by atoms with E-state index in [0.717, 1.165) is 0 Å². The fourth-order valence-electron chi connectivity index (χ4n) is 0.385. The smallest absolute Gasteiger partial charge is 0.346 e. The first-order chi connectivity index (χ1) is 3.79. The molecule has 0 fully saturated rings. The number of aromatic amines is 1. The summed E-state index contributed by atoms with van der Waals surface area (Å²) >= 11 is 0. The lowest BCUT2D eigenvalue weighted by atomic mass is 10.6. The highest BCUT2D eigenvalue weighted by molar-refractivity contribution is 5.22. The van der Waals surface area contributed by atoms with Gasteiger partial charge >= 0.3 is 5.69 Å². The highest BCUT2D eigenvalue weighted by Crippen LogP contribution is 1.82. The van der Waals surface area contributed by atoms with Crippen molar-refractivity contribution in [3.8, 4) is 0 Å². The van der Waals surface area contributed by atoms with E-state index >= 15 is 0 Å². The Kier molecular flexibility index (Phi) is 2.44. The fraction of sp³-hybridized carbons (Fsp3) is 0.200. The second kappa shape index (κ2) is 2.86. The zero-order valence-electron chi connectivity index (χ0n) is 4.09. The van der Waals surface area contributed by atoms with Crippen molar-refractivity contribution in [2.45, 2.75) is 7.43 Å². The van der Waals surface area contributed by atoms with E-state index in [1.165, 1.54) is 12.3 Å². The van der Waals surface area contributed by atoms with E-state index in [9.17, 15) is 4.79 Å². The van der Waals surface area contributed by atoms with Gasteiger partial charge < -0.3 is 10.7 Å². The number of hydrogen-bond acceptors (Lipinski definition) is 3. The first-order valence-electron chi connectivity index (χ1n) is 2.10. The van der Waals surface area contributed by atoms with Gasteiger partial charge in [-0.2, -0.15) is 4.98 Å². The molecule has 1 aromatic rings. The monoisotopic (exact) mass is 127 g/mol. The van der Waals surface area contributed by atoms with Gasteiger partial charge in [0.1, 0.15) is 5.82 Å². The summed E-state index contributed by atoms with van der Waals surface area (Å²) in [4.78, 5) is 15.9. The number of nitrogen functional groups attached to an aromatic ring is 1. The average molecular weight is 127 g/mol. The predicted molar refractivity (Wildman–Crippen MR) is 36.0 cm³/mol. The minimum Gasteiger partial charge on any atom is -0.383 e. The number of hydrogen-bond donors (Lipinski definition) is 2. The molecule has 0 bridgehead atoms. The third-order valence-electron chi connectivity index (χ3n) is 0.692. The van der Waals surface area contributed by atoms with E-state index in [4.69, 9.17) is 5.73 Å². The van der Waals surface area contributed by atoms with Gasteiger partial charge in [0.15, 0.2) is 0 Å². The Balaban J connectivity index is 0.000000640. The van der Waals surface area contributed by atoms with Crippen LogP contribution in [0.2, 0.25) is 0 Å². The number of anilines is 1. The summed E-state index contributed by atoms with van der Waals surface area (Å²) in [5.74, 6) is 0.244. The molecular weight excluding hydrogens is 118 g/mol. The molecule has 0 saturated heterocycles. The lowest BCUT2D eigenvalue weighted by molar-refractivity contribution is 1.08. The van der Waals surface area contributed by atoms with E-state index in [2.05, 4.69) is 9.97 Å². The summed E-state index contributed by atoms with van der Waals surface area (Å²) in [6.45, 7) is 0. The van der Waals surface area contributed by atoms with Crippen LogP contribution in [-0.2, 0) is 0 Å². The van der Waals surface area contributed by atoms with E-state index in [0.29, 0.717) is 0 Å². The maximum absolute atomic E-state index is 10.2. The Hall–Kier alpha value is -1.32. The molecule has 0 radical (unpaired) electrons. The molecule has 0 aliphatic rings. The molecule has 0 unspecified atom stereocenters. The van der Waals surface area contributed by atoms with Crippen LogP contribution in [0.1, 0.15) is 7.43 Å². The van der Waals surface area contributed by atoms with Crippen molar-refractivity contribution in [2.24, 2.45) is 0 Å². The molecule has 1 aromatic heterocycles. The van der Waals surface area contributed by atoms with E-state index in [-0.39, 0.29) is 13.2 Å². The van der Waals surface area contributed by atoms with Crippen molar-refractivity contribution >= 4 is 5.82 Å². The summed E-state index contributed by atoms with van der Waals surface area (Å²) in [5, 5.41) is 0. The second-order valence-corrected chi connectivity index (χ2v) is 1.32. The Morgan fingerprint density at radius 2 is 2.33 bits per heavy atom. The Morgan fingerprint density at radius 3 is 2.67 bits per heavy atom. The fourth-order valence-corrected chi connectivity index (χ4v) is 0.385. The van der Waals surface area contributed by atoms with Crippen molar-refractivity contribution in [1.82, 2.24) is 9.97 Å². The van der Waals surface area contributed by atoms with Gasteiger partial charge in [0.25, 0.3) is 0 Å². The Morgan fingerprint density at radius 1 is 1.67 bits per heavy atom. The molecule has 4 heteroatoms. The molecule has 50 valence electrons. The predicted octanol–water partition coefficient (Wildman–Crippen LogP) is -0.0118. The number of nitrogens with zero attached hydrogens (tertiary/aromatic N) is 1. The highest BCUT2D eigenvalue weighted by Gasteiger charge is 1.81. The number of nitrogens with one attached hydrogen (secondary N) is 1. The normalized spacial score (nSPS) is 8.00. The van der Waals surface area contributed by atoms with Gasteiger partial charge in [0, 0.05) is 6.20 Å². The molecule has 0 saturated carbocycles. The lowest BCUT2D eigenvalue weighted by Gasteiger charge is -1.83. The topological polar surface area (TPSA) is 71.8 Å². The van der Waals surface area contributed by atoms with Crippen LogP contribution >= 0.6 is 0 Å². The van der Waals surface area contributed by atoms with E-state index < -0.39 is 5.69 Å². The van der Waals surface area contributed by atoms with Crippen LogP contribution in [0.15, 0.2) is 17.1 Å². The van der Waals surface area contributed by atoms with Gasteiger partial charge in [-0.3, -0.25) is 0 Å². The van der Waals surface area contributed by atoms with Crippen molar-refractivity contribution < 1.29 is 0 Å². The number of rotatable bonds is 0. The van der Waals surface area contributed by atoms with Gasteiger partial charge in [-0.25, -0.2) is 4.79 Å². The SMILES string of the molecule is C.Nc1cc[nH]c(=O)n1. The van der Waals surface area contributed by atoms with Gasteiger partial charge in [-0.05, 0) is 6.07 Å². The second-order valence-electron chi connectivity index (χ2n) is 1.32. The van der Waals surface area contributed by atoms with Crippen LogP contribution in [-0.4, -0.2) is 9.97 Å². The Bertz CT molecular complexity index is 230. The van der Waals surface area contributed by atoms with Crippen LogP contribution < -0.4 is 11.4 Å². The van der Waals surface area contributed by atoms with Crippen LogP contribution in [0.4, 0.5) is 5.82 Å². The van der Waals surface area contributed by atoms with Gasteiger partial charge in [0.05, 0.1) is 0 Å². The average Bonchev–Trinajstić information content (AvgIpc) is 1.64. The van der Waals surface area contributed by atoms with Crippen LogP contribution in [0.3, 0.4) is 0 Å². The molecule has 0 atom stereocenters. The minimum atomic E-state index is -0.412. The molecule has 0 amide bonds. The summed E-state index contributed by atoms with van der Waals surface area (Å²) in [7, 11) is 0. The maximum Gasteiger partial charge on any atom is 0.346 e. The van der Waals surface area contributed by atoms with Crippen LogP contribution in [0.25, 0.3) is 0 Å². The summed E-state index contributed by atoms with van der Waals surface area (Å²) in [6.07, 6.45) is 1.45. The molecule has 1 heterocycles. The first-order valence-corrected chi connectivity index (χ1v) is 2.10. The molecule has 0 aromatic carbocycles. The van der Waals surface area contributed by atoms with Gasteiger partial charge in [-0.1, -0.05) is 7.43 Å². The lowest BCUT2D eigenvalue weighted by Crippen LogP contribution is -2.10. The molecule has 3 N–H and O–H groups in total. The largest absolute Gasteiger partial charge is 0.383 e. The highest BCUT2D eigenvalue weighted by atomic mass is 16.1. The third-order valence-corrected chi connectivity index (χ3v) is 0.692. The van der Waals surface area contributed by atoms with Crippen LogP contribution in [0.5, 0.6) is 0 Å². The third kappa shape index (κ3) is 1.94. The van der Waals surface area contributed by atoms with Gasteiger partial charge in [0.2, 0.25) is 0 Å². The summed E-state index contributed by atoms with van der Waals surface area (Å²) in [5.41, 5.74) is 4.72. The molecule has 0 aliphatic heterocycles. The van der Waals surface area contributed by atoms with Crippen molar-refractivity contribution in [1.29, 1.82) is 0 Å². The first kappa shape index (κ1) is 7.68. The summed E-state index contributed by atoms with van der Waals surface area (Å²) in [6, 6.07) is 1.52. The molecule has 9 heavy (non-hydrogen) atoms. The van der Waals surface area contributed by atoms with Crippen LogP contribution in [0, 0.1) is 0 Å². The molecule has 1 rings (SSSR count). The summed E-state index contributed by atoms with van der Waals surface area (Å²) < 4.78 is 0.